The molecule has 0 saturated carbocycles. The molecule has 6 heteroatoms. The van der Waals surface area contributed by atoms with Crippen molar-refractivity contribution in [3.05, 3.63) is 34.5 Å². The van der Waals surface area contributed by atoms with E-state index >= 15 is 0 Å². The minimum atomic E-state index is -0.474. The molecule has 0 saturated heterocycles. The summed E-state index contributed by atoms with van der Waals surface area (Å²) in [6.07, 6.45) is 0. The molecule has 1 aromatic heterocycles. The van der Waals surface area contributed by atoms with E-state index in [0.717, 1.165) is 4.70 Å². The van der Waals surface area contributed by atoms with Crippen molar-refractivity contribution in [2.75, 3.05) is 6.54 Å². The fourth-order valence-electron chi connectivity index (χ4n) is 2.22. The standard InChI is InChI=1S/C16H21FN2OS.ClH/c1-9(2)16(4,8-18)19-15(20)14-10(3)13-11(17)6-5-7-12(13)21-14;/h5-7,9H,8,18H2,1-4H3,(H,19,20);1H. The second-order valence-corrected chi connectivity index (χ2v) is 6.95. The van der Waals surface area contributed by atoms with Crippen LogP contribution in [0.5, 0.6) is 0 Å². The summed E-state index contributed by atoms with van der Waals surface area (Å²) in [7, 11) is 0. The minimum absolute atomic E-state index is 0. The normalized spacial score (nSPS) is 13.8. The third-order valence-electron chi connectivity index (χ3n) is 4.21. The Morgan fingerprint density at radius 1 is 1.45 bits per heavy atom. The number of aryl methyl sites for hydroxylation is 1. The van der Waals surface area contributed by atoms with Crippen LogP contribution in [-0.4, -0.2) is 18.0 Å². The largest absolute Gasteiger partial charge is 0.345 e. The highest BCUT2D eigenvalue weighted by Crippen LogP contribution is 2.33. The number of rotatable bonds is 4. The number of carbonyl (C=O) groups is 1. The fourth-order valence-corrected chi connectivity index (χ4v) is 3.34. The molecule has 1 atom stereocenters. The van der Waals surface area contributed by atoms with E-state index in [0.29, 0.717) is 22.4 Å². The Morgan fingerprint density at radius 3 is 2.59 bits per heavy atom. The van der Waals surface area contributed by atoms with Gasteiger partial charge >= 0.3 is 0 Å². The Bertz CT molecular complexity index is 686. The number of hydrogen-bond acceptors (Lipinski definition) is 3. The zero-order chi connectivity index (χ0) is 15.8. The first kappa shape index (κ1) is 18.9. The average molecular weight is 345 g/mol. The van der Waals surface area contributed by atoms with Gasteiger partial charge in [0.1, 0.15) is 5.82 Å². The highest BCUT2D eigenvalue weighted by molar-refractivity contribution is 7.21. The fraction of sp³-hybridized carbons (Fsp3) is 0.438. The number of benzene rings is 1. The molecule has 0 aliphatic carbocycles. The molecule has 3 nitrogen and oxygen atoms in total. The van der Waals surface area contributed by atoms with E-state index in [1.54, 1.807) is 13.0 Å². The summed E-state index contributed by atoms with van der Waals surface area (Å²) in [5.41, 5.74) is 6.01. The number of halogens is 2. The predicted molar refractivity (Wildman–Crippen MR) is 93.5 cm³/mol. The zero-order valence-electron chi connectivity index (χ0n) is 13.2. The van der Waals surface area contributed by atoms with Gasteiger partial charge in [0, 0.05) is 16.6 Å². The van der Waals surface area contributed by atoms with Gasteiger partial charge in [-0.2, -0.15) is 0 Å². The monoisotopic (exact) mass is 344 g/mol. The molecule has 0 bridgehead atoms. The van der Waals surface area contributed by atoms with Crippen molar-refractivity contribution in [2.45, 2.75) is 33.2 Å². The zero-order valence-corrected chi connectivity index (χ0v) is 14.8. The van der Waals surface area contributed by atoms with Gasteiger partial charge in [-0.25, -0.2) is 4.39 Å². The van der Waals surface area contributed by atoms with Crippen LogP contribution in [0.2, 0.25) is 0 Å². The molecule has 0 radical (unpaired) electrons. The van der Waals surface area contributed by atoms with E-state index in [4.69, 9.17) is 5.73 Å². The van der Waals surface area contributed by atoms with E-state index < -0.39 is 5.54 Å². The van der Waals surface area contributed by atoms with Crippen molar-refractivity contribution in [2.24, 2.45) is 11.7 Å². The minimum Gasteiger partial charge on any atom is -0.345 e. The van der Waals surface area contributed by atoms with Gasteiger partial charge in [-0.05, 0) is 37.5 Å². The number of nitrogens with one attached hydrogen (secondary N) is 1. The highest BCUT2D eigenvalue weighted by Gasteiger charge is 2.30. The molecular formula is C16H22ClFN2OS. The third-order valence-corrected chi connectivity index (χ3v) is 5.46. The van der Waals surface area contributed by atoms with Gasteiger partial charge in [-0.3, -0.25) is 4.79 Å². The molecule has 0 aliphatic rings. The molecule has 1 aromatic carbocycles. The first-order valence-electron chi connectivity index (χ1n) is 7.00. The van der Waals surface area contributed by atoms with Crippen LogP contribution >= 0.6 is 23.7 Å². The Balaban J connectivity index is 0.00000242. The van der Waals surface area contributed by atoms with Crippen molar-refractivity contribution in [1.29, 1.82) is 0 Å². The van der Waals surface area contributed by atoms with Gasteiger partial charge in [0.25, 0.3) is 5.91 Å². The number of nitrogens with two attached hydrogens (primary N) is 1. The summed E-state index contributed by atoms with van der Waals surface area (Å²) in [6.45, 7) is 8.11. The maximum absolute atomic E-state index is 13.9. The number of fused-ring (bicyclic) bond motifs is 1. The second-order valence-electron chi connectivity index (χ2n) is 5.90. The van der Waals surface area contributed by atoms with Crippen LogP contribution in [0.15, 0.2) is 18.2 Å². The van der Waals surface area contributed by atoms with Crippen molar-refractivity contribution in [1.82, 2.24) is 5.32 Å². The lowest BCUT2D eigenvalue weighted by molar-refractivity contribution is 0.0887. The molecule has 1 heterocycles. The number of thiophene rings is 1. The summed E-state index contributed by atoms with van der Waals surface area (Å²) in [6, 6.07) is 4.91. The topological polar surface area (TPSA) is 55.1 Å². The van der Waals surface area contributed by atoms with E-state index in [2.05, 4.69) is 5.32 Å². The van der Waals surface area contributed by atoms with Crippen LogP contribution in [-0.2, 0) is 0 Å². The van der Waals surface area contributed by atoms with Crippen LogP contribution in [0.1, 0.15) is 36.0 Å². The van der Waals surface area contributed by atoms with Gasteiger partial charge in [0.05, 0.1) is 10.4 Å². The van der Waals surface area contributed by atoms with Gasteiger partial charge in [-0.15, -0.1) is 23.7 Å². The molecule has 0 fully saturated rings. The van der Waals surface area contributed by atoms with Gasteiger partial charge in [0.15, 0.2) is 0 Å². The summed E-state index contributed by atoms with van der Waals surface area (Å²) < 4.78 is 14.7. The Labute approximate surface area is 140 Å². The quantitative estimate of drug-likeness (QED) is 0.884. The van der Waals surface area contributed by atoms with Crippen molar-refractivity contribution in [3.8, 4) is 0 Å². The lowest BCUT2D eigenvalue weighted by atomic mass is 9.88. The average Bonchev–Trinajstić information content (AvgIpc) is 2.77. The van der Waals surface area contributed by atoms with Crippen LogP contribution in [0.3, 0.4) is 0 Å². The van der Waals surface area contributed by atoms with Crippen LogP contribution < -0.4 is 11.1 Å². The number of carbonyl (C=O) groups excluding carboxylic acids is 1. The summed E-state index contributed by atoms with van der Waals surface area (Å²) in [4.78, 5) is 13.1. The molecule has 122 valence electrons. The van der Waals surface area contributed by atoms with Gasteiger partial charge in [-0.1, -0.05) is 19.9 Å². The Morgan fingerprint density at radius 2 is 2.09 bits per heavy atom. The lowest BCUT2D eigenvalue weighted by Crippen LogP contribution is -2.54. The molecular weight excluding hydrogens is 323 g/mol. The molecule has 22 heavy (non-hydrogen) atoms. The summed E-state index contributed by atoms with van der Waals surface area (Å²) >= 11 is 1.32. The molecule has 0 spiro atoms. The number of amides is 1. The Kier molecular flexibility index (Phi) is 5.96. The van der Waals surface area contributed by atoms with E-state index in [-0.39, 0.29) is 30.0 Å². The maximum Gasteiger partial charge on any atom is 0.262 e. The molecule has 0 aliphatic heterocycles. The molecule has 1 unspecified atom stereocenters. The summed E-state index contributed by atoms with van der Waals surface area (Å²) in [5, 5.41) is 3.54. The second kappa shape index (κ2) is 6.94. The van der Waals surface area contributed by atoms with Crippen molar-refractivity contribution in [3.63, 3.8) is 0 Å². The maximum atomic E-state index is 13.9. The van der Waals surface area contributed by atoms with Crippen LogP contribution in [0, 0.1) is 18.7 Å². The smallest absolute Gasteiger partial charge is 0.262 e. The first-order chi connectivity index (χ1) is 9.80. The third kappa shape index (κ3) is 3.26. The Hall–Kier alpha value is -1.17. The van der Waals surface area contributed by atoms with Crippen molar-refractivity contribution >= 4 is 39.7 Å². The van der Waals surface area contributed by atoms with E-state index in [1.165, 1.54) is 17.4 Å². The van der Waals surface area contributed by atoms with Crippen LogP contribution in [0.25, 0.3) is 10.1 Å². The molecule has 3 N–H and O–H groups in total. The van der Waals surface area contributed by atoms with Crippen molar-refractivity contribution < 1.29 is 9.18 Å². The molecule has 2 rings (SSSR count). The van der Waals surface area contributed by atoms with E-state index in [1.807, 2.05) is 26.8 Å². The molecule has 2 aromatic rings. The first-order valence-corrected chi connectivity index (χ1v) is 7.82. The van der Waals surface area contributed by atoms with Gasteiger partial charge < -0.3 is 11.1 Å². The van der Waals surface area contributed by atoms with E-state index in [9.17, 15) is 9.18 Å². The summed E-state index contributed by atoms with van der Waals surface area (Å²) in [5.74, 6) is -0.265. The van der Waals surface area contributed by atoms with Gasteiger partial charge in [0.2, 0.25) is 0 Å². The SMILES string of the molecule is Cc1c(C(=O)NC(C)(CN)C(C)C)sc2cccc(F)c12.Cl. The lowest BCUT2D eigenvalue weighted by Gasteiger charge is -2.33. The number of hydrogen-bond donors (Lipinski definition) is 2. The molecule has 1 amide bonds. The van der Waals surface area contributed by atoms with Crippen LogP contribution in [0.4, 0.5) is 4.39 Å². The predicted octanol–water partition coefficient (Wildman–Crippen LogP) is 3.87. The highest BCUT2D eigenvalue weighted by atomic mass is 35.5.